The second kappa shape index (κ2) is 6.64. The zero-order valence-corrected chi connectivity index (χ0v) is 11.8. The van der Waals surface area contributed by atoms with Crippen molar-refractivity contribution in [1.29, 1.82) is 0 Å². The Balaban J connectivity index is 1.85. The molecule has 1 aliphatic heterocycles. The molecule has 2 rings (SSSR count). The van der Waals surface area contributed by atoms with Crippen LogP contribution in [0.15, 0.2) is 24.3 Å². The minimum atomic E-state index is -0.307. The number of nitrogens with zero attached hydrogens (tertiary/aromatic N) is 1. The van der Waals surface area contributed by atoms with E-state index in [-0.39, 0.29) is 30.5 Å². The molecule has 0 aromatic heterocycles. The number of hydrogen-bond acceptors (Lipinski definition) is 2. The van der Waals surface area contributed by atoms with Gasteiger partial charge in [-0.05, 0) is 30.0 Å². The number of carbonyl (C=O) groups is 2. The second-order valence-corrected chi connectivity index (χ2v) is 5.48. The summed E-state index contributed by atoms with van der Waals surface area (Å²) in [5.41, 5.74) is 0.785. The Morgan fingerprint density at radius 3 is 2.70 bits per heavy atom. The maximum absolute atomic E-state index is 12.8. The molecule has 4 heteroatoms. The van der Waals surface area contributed by atoms with Gasteiger partial charge >= 0.3 is 0 Å². The van der Waals surface area contributed by atoms with Gasteiger partial charge in [0, 0.05) is 19.4 Å². The minimum absolute atomic E-state index is 0.00195. The van der Waals surface area contributed by atoms with E-state index in [1.54, 1.807) is 17.0 Å². The van der Waals surface area contributed by atoms with Crippen LogP contribution in [0.25, 0.3) is 0 Å². The molecule has 20 heavy (non-hydrogen) atoms. The Labute approximate surface area is 118 Å². The lowest BCUT2D eigenvalue weighted by Gasteiger charge is -2.15. The Morgan fingerprint density at radius 2 is 2.05 bits per heavy atom. The van der Waals surface area contributed by atoms with E-state index < -0.39 is 0 Å². The number of likely N-dealkylation sites (tertiary alicyclic amines) is 1. The molecule has 1 unspecified atom stereocenters. The van der Waals surface area contributed by atoms with Gasteiger partial charge in [0.05, 0.1) is 6.54 Å². The molecule has 1 heterocycles. The highest BCUT2D eigenvalue weighted by molar-refractivity contribution is 5.88. The zero-order chi connectivity index (χ0) is 14.5. The third kappa shape index (κ3) is 3.89. The lowest BCUT2D eigenvalue weighted by molar-refractivity contribution is -0.132. The van der Waals surface area contributed by atoms with Gasteiger partial charge in [-0.2, -0.15) is 0 Å². The molecule has 0 aliphatic carbocycles. The van der Waals surface area contributed by atoms with Gasteiger partial charge in [0.15, 0.2) is 5.78 Å². The van der Waals surface area contributed by atoms with Gasteiger partial charge in [-0.1, -0.05) is 25.5 Å². The quantitative estimate of drug-likeness (QED) is 0.801. The summed E-state index contributed by atoms with van der Waals surface area (Å²) >= 11 is 0. The van der Waals surface area contributed by atoms with E-state index in [4.69, 9.17) is 0 Å². The van der Waals surface area contributed by atoms with Gasteiger partial charge in [-0.15, -0.1) is 0 Å². The smallest absolute Gasteiger partial charge is 0.223 e. The Hall–Kier alpha value is -1.71. The highest BCUT2D eigenvalue weighted by Crippen LogP contribution is 2.22. The van der Waals surface area contributed by atoms with Crippen LogP contribution in [0.3, 0.4) is 0 Å². The fourth-order valence-electron chi connectivity index (χ4n) is 2.71. The number of Topliss-reactive ketones (excluding diaryl/α,β-unsaturated/α-hetero) is 1. The highest BCUT2D eigenvalue weighted by Gasteiger charge is 2.29. The summed E-state index contributed by atoms with van der Waals surface area (Å²) in [6.45, 7) is 2.98. The van der Waals surface area contributed by atoms with Crippen LogP contribution >= 0.6 is 0 Å². The molecule has 0 spiro atoms. The SMILES string of the molecule is CCCC1CC(=O)N(CC(=O)Cc2ccc(F)cc2)C1. The van der Waals surface area contributed by atoms with Crippen molar-refractivity contribution >= 4 is 11.7 Å². The van der Waals surface area contributed by atoms with Gasteiger partial charge in [0.25, 0.3) is 0 Å². The average Bonchev–Trinajstić information content (AvgIpc) is 2.73. The number of rotatable bonds is 6. The van der Waals surface area contributed by atoms with E-state index in [1.807, 2.05) is 0 Å². The van der Waals surface area contributed by atoms with E-state index in [0.717, 1.165) is 18.4 Å². The zero-order valence-electron chi connectivity index (χ0n) is 11.8. The van der Waals surface area contributed by atoms with Crippen LogP contribution in [0.2, 0.25) is 0 Å². The molecule has 1 fully saturated rings. The molecule has 1 aromatic carbocycles. The number of benzene rings is 1. The van der Waals surface area contributed by atoms with Crippen LogP contribution in [0, 0.1) is 11.7 Å². The molecule has 1 aliphatic rings. The molecule has 1 amide bonds. The number of carbonyl (C=O) groups excluding carboxylic acids is 2. The van der Waals surface area contributed by atoms with Gasteiger partial charge in [0.1, 0.15) is 5.82 Å². The number of ketones is 1. The standard InChI is InChI=1S/C16H20FNO2/c1-2-3-13-9-16(20)18(10-13)11-15(19)8-12-4-6-14(17)7-5-12/h4-7,13H,2-3,8-11H2,1H3. The van der Waals surface area contributed by atoms with Crippen molar-refractivity contribution in [2.24, 2.45) is 5.92 Å². The summed E-state index contributed by atoms with van der Waals surface area (Å²) < 4.78 is 12.8. The molecular weight excluding hydrogens is 257 g/mol. The maximum atomic E-state index is 12.8. The van der Waals surface area contributed by atoms with Crippen molar-refractivity contribution in [1.82, 2.24) is 4.90 Å². The van der Waals surface area contributed by atoms with Crippen molar-refractivity contribution in [3.05, 3.63) is 35.6 Å². The predicted molar refractivity (Wildman–Crippen MR) is 74.7 cm³/mol. The van der Waals surface area contributed by atoms with Crippen LogP contribution in [-0.4, -0.2) is 29.7 Å². The van der Waals surface area contributed by atoms with Crippen LogP contribution in [0.5, 0.6) is 0 Å². The number of amides is 1. The van der Waals surface area contributed by atoms with Crippen molar-refractivity contribution < 1.29 is 14.0 Å². The number of halogens is 1. The Bertz CT molecular complexity index is 484. The maximum Gasteiger partial charge on any atom is 0.223 e. The van der Waals surface area contributed by atoms with E-state index in [2.05, 4.69) is 6.92 Å². The Morgan fingerprint density at radius 1 is 1.35 bits per heavy atom. The van der Waals surface area contributed by atoms with E-state index in [0.29, 0.717) is 18.9 Å². The lowest BCUT2D eigenvalue weighted by atomic mass is 10.0. The van der Waals surface area contributed by atoms with E-state index in [1.165, 1.54) is 12.1 Å². The number of hydrogen-bond donors (Lipinski definition) is 0. The Kier molecular flexibility index (Phi) is 4.88. The van der Waals surface area contributed by atoms with Crippen molar-refractivity contribution in [2.45, 2.75) is 32.6 Å². The van der Waals surface area contributed by atoms with E-state index in [9.17, 15) is 14.0 Å². The van der Waals surface area contributed by atoms with Crippen molar-refractivity contribution in [3.63, 3.8) is 0 Å². The molecular formula is C16H20FNO2. The molecule has 108 valence electrons. The average molecular weight is 277 g/mol. The summed E-state index contributed by atoms with van der Waals surface area (Å²) in [4.78, 5) is 25.5. The highest BCUT2D eigenvalue weighted by atomic mass is 19.1. The second-order valence-electron chi connectivity index (χ2n) is 5.48. The molecule has 1 aromatic rings. The molecule has 0 N–H and O–H groups in total. The van der Waals surface area contributed by atoms with Gasteiger partial charge in [-0.3, -0.25) is 9.59 Å². The summed E-state index contributed by atoms with van der Waals surface area (Å²) in [6, 6.07) is 5.92. The van der Waals surface area contributed by atoms with Crippen molar-refractivity contribution in [2.75, 3.05) is 13.1 Å². The normalized spacial score (nSPS) is 18.6. The summed E-state index contributed by atoms with van der Waals surface area (Å²) in [5.74, 6) is 0.169. The molecule has 0 saturated carbocycles. The third-order valence-corrected chi connectivity index (χ3v) is 3.67. The summed E-state index contributed by atoms with van der Waals surface area (Å²) in [6.07, 6.45) is 2.92. The summed E-state index contributed by atoms with van der Waals surface area (Å²) in [5, 5.41) is 0. The fourth-order valence-corrected chi connectivity index (χ4v) is 2.71. The fraction of sp³-hybridized carbons (Fsp3) is 0.500. The molecule has 0 radical (unpaired) electrons. The lowest BCUT2D eigenvalue weighted by Crippen LogP contribution is -2.32. The topological polar surface area (TPSA) is 37.4 Å². The summed E-state index contributed by atoms with van der Waals surface area (Å²) in [7, 11) is 0. The molecule has 3 nitrogen and oxygen atoms in total. The first kappa shape index (κ1) is 14.7. The predicted octanol–water partition coefficient (Wildman–Crippen LogP) is 2.59. The molecule has 1 saturated heterocycles. The van der Waals surface area contributed by atoms with Gasteiger partial charge < -0.3 is 4.90 Å². The van der Waals surface area contributed by atoms with E-state index >= 15 is 0 Å². The van der Waals surface area contributed by atoms with Crippen molar-refractivity contribution in [3.8, 4) is 0 Å². The first-order chi connectivity index (χ1) is 9.58. The van der Waals surface area contributed by atoms with Crippen LogP contribution in [0.4, 0.5) is 4.39 Å². The van der Waals surface area contributed by atoms with Crippen LogP contribution in [0.1, 0.15) is 31.7 Å². The third-order valence-electron chi connectivity index (χ3n) is 3.67. The molecule has 0 bridgehead atoms. The monoisotopic (exact) mass is 277 g/mol. The largest absolute Gasteiger partial charge is 0.335 e. The van der Waals surface area contributed by atoms with Gasteiger partial charge in [-0.25, -0.2) is 4.39 Å². The first-order valence-electron chi connectivity index (χ1n) is 7.12. The van der Waals surface area contributed by atoms with Gasteiger partial charge in [0.2, 0.25) is 5.91 Å². The van der Waals surface area contributed by atoms with Crippen LogP contribution in [-0.2, 0) is 16.0 Å². The van der Waals surface area contributed by atoms with Crippen LogP contribution < -0.4 is 0 Å². The minimum Gasteiger partial charge on any atom is -0.335 e. The first-order valence-corrected chi connectivity index (χ1v) is 7.12. The molecule has 1 atom stereocenters.